The van der Waals surface area contributed by atoms with Crippen molar-refractivity contribution in [1.29, 1.82) is 0 Å². The van der Waals surface area contributed by atoms with E-state index in [2.05, 4.69) is 36.4 Å². The minimum Gasteiger partial charge on any atom is -0.256 e. The summed E-state index contributed by atoms with van der Waals surface area (Å²) in [6, 6.07) is 46.4. The van der Waals surface area contributed by atoms with Gasteiger partial charge in [0.25, 0.3) is 0 Å². The number of benzene rings is 3. The number of rotatable bonds is 7. The van der Waals surface area contributed by atoms with Gasteiger partial charge in [-0.05, 0) is 54.1 Å². The molecule has 0 aliphatic rings. The third-order valence-corrected chi connectivity index (χ3v) is 8.22. The molecule has 8 aromatic rings. The summed E-state index contributed by atoms with van der Waals surface area (Å²) in [6.45, 7) is 0. The van der Waals surface area contributed by atoms with Gasteiger partial charge in [-0.2, -0.15) is 0 Å². The summed E-state index contributed by atoms with van der Waals surface area (Å²) in [5.74, 6) is 0.629. The Hall–Kier alpha value is -6.66. The van der Waals surface area contributed by atoms with E-state index in [0.29, 0.717) is 5.82 Å². The molecule has 226 valence electrons. The fraction of sp³-hybridized carbons (Fsp3) is 0. The normalized spacial score (nSPS) is 10.9. The van der Waals surface area contributed by atoms with Crippen molar-refractivity contribution in [3.63, 3.8) is 0 Å². The number of nitrogens with zero attached hydrogens (tertiary/aromatic N) is 6. The molecule has 5 aromatic heterocycles. The Bertz CT molecular complexity index is 2310. The van der Waals surface area contributed by atoms with E-state index in [9.17, 15) is 0 Å². The fourth-order valence-electron chi connectivity index (χ4n) is 6.08. The van der Waals surface area contributed by atoms with Gasteiger partial charge in [-0.3, -0.25) is 19.9 Å². The molecule has 6 nitrogen and oxygen atoms in total. The number of pyridine rings is 4. The quantitative estimate of drug-likeness (QED) is 0.177. The molecule has 8 rings (SSSR count). The summed E-state index contributed by atoms with van der Waals surface area (Å²) in [4.78, 5) is 29.4. The molecule has 0 amide bonds. The minimum atomic E-state index is 0.629. The zero-order valence-electron chi connectivity index (χ0n) is 25.8. The lowest BCUT2D eigenvalue weighted by atomic mass is 9.87. The molecule has 5 heterocycles. The topological polar surface area (TPSA) is 77.3 Å². The average molecular weight is 617 g/mol. The van der Waals surface area contributed by atoms with Crippen LogP contribution in [0.3, 0.4) is 0 Å². The standard InChI is InChI=1S/C42H28N6/c1-2-14-29(15-3-1)42-47-28-34(30-16-12-17-31(35-20-4-8-24-43-35)39(30)37-22-6-10-26-45-37)41(48-42)33-19-13-18-32(36-21-5-9-25-44-36)40(33)38-23-7-11-27-46-38/h1-28H. The lowest BCUT2D eigenvalue weighted by molar-refractivity contribution is 1.18. The van der Waals surface area contributed by atoms with Crippen molar-refractivity contribution in [2.45, 2.75) is 0 Å². The van der Waals surface area contributed by atoms with Crippen LogP contribution in [0, 0.1) is 0 Å². The molecular formula is C42H28N6. The maximum Gasteiger partial charge on any atom is 0.159 e. The Morgan fingerprint density at radius 1 is 0.312 bits per heavy atom. The third-order valence-electron chi connectivity index (χ3n) is 8.22. The zero-order valence-corrected chi connectivity index (χ0v) is 25.8. The molecule has 0 radical (unpaired) electrons. The molecule has 0 N–H and O–H groups in total. The van der Waals surface area contributed by atoms with Gasteiger partial charge in [0, 0.05) is 69.9 Å². The van der Waals surface area contributed by atoms with E-state index in [-0.39, 0.29) is 0 Å². The molecule has 6 heteroatoms. The molecule has 0 saturated heterocycles. The van der Waals surface area contributed by atoms with Crippen LogP contribution in [0.4, 0.5) is 0 Å². The Morgan fingerprint density at radius 2 is 0.771 bits per heavy atom. The lowest BCUT2D eigenvalue weighted by Crippen LogP contribution is -2.01. The Morgan fingerprint density at radius 3 is 1.29 bits per heavy atom. The van der Waals surface area contributed by atoms with Gasteiger partial charge in [-0.25, -0.2) is 9.97 Å². The van der Waals surface area contributed by atoms with Crippen LogP contribution in [-0.4, -0.2) is 29.9 Å². The van der Waals surface area contributed by atoms with Gasteiger partial charge in [0.2, 0.25) is 0 Å². The highest BCUT2D eigenvalue weighted by molar-refractivity contribution is 6.00. The fourth-order valence-corrected chi connectivity index (χ4v) is 6.08. The predicted molar refractivity (Wildman–Crippen MR) is 191 cm³/mol. The highest BCUT2D eigenvalue weighted by Crippen LogP contribution is 2.45. The Kier molecular flexibility index (Phi) is 7.79. The van der Waals surface area contributed by atoms with Crippen LogP contribution in [0.15, 0.2) is 171 Å². The first-order chi connectivity index (χ1) is 23.8. The van der Waals surface area contributed by atoms with Crippen molar-refractivity contribution in [1.82, 2.24) is 29.9 Å². The molecule has 0 aliphatic carbocycles. The van der Waals surface area contributed by atoms with Crippen molar-refractivity contribution in [2.24, 2.45) is 0 Å². The van der Waals surface area contributed by atoms with E-state index in [4.69, 9.17) is 29.9 Å². The molecule has 0 atom stereocenters. The first kappa shape index (κ1) is 28.8. The van der Waals surface area contributed by atoms with Crippen LogP contribution in [0.1, 0.15) is 0 Å². The van der Waals surface area contributed by atoms with Crippen molar-refractivity contribution in [3.05, 3.63) is 171 Å². The second kappa shape index (κ2) is 13.0. The van der Waals surface area contributed by atoms with Crippen molar-refractivity contribution in [2.75, 3.05) is 0 Å². The molecule has 0 aliphatic heterocycles. The van der Waals surface area contributed by atoms with Gasteiger partial charge in [-0.1, -0.05) is 91.0 Å². The summed E-state index contributed by atoms with van der Waals surface area (Å²) in [7, 11) is 0. The van der Waals surface area contributed by atoms with E-state index in [0.717, 1.165) is 73.0 Å². The van der Waals surface area contributed by atoms with Crippen molar-refractivity contribution >= 4 is 0 Å². The van der Waals surface area contributed by atoms with E-state index >= 15 is 0 Å². The van der Waals surface area contributed by atoms with Gasteiger partial charge < -0.3 is 0 Å². The maximum absolute atomic E-state index is 5.35. The van der Waals surface area contributed by atoms with Crippen LogP contribution in [0.5, 0.6) is 0 Å². The van der Waals surface area contributed by atoms with E-state index in [1.54, 1.807) is 0 Å². The second-order valence-corrected chi connectivity index (χ2v) is 11.1. The van der Waals surface area contributed by atoms with Crippen LogP contribution >= 0.6 is 0 Å². The summed E-state index contributed by atoms with van der Waals surface area (Å²) < 4.78 is 0. The van der Waals surface area contributed by atoms with Crippen LogP contribution in [-0.2, 0) is 0 Å². The maximum atomic E-state index is 5.35. The van der Waals surface area contributed by atoms with Crippen LogP contribution in [0.25, 0.3) is 78.8 Å². The third kappa shape index (κ3) is 5.52. The van der Waals surface area contributed by atoms with Gasteiger partial charge in [0.15, 0.2) is 5.82 Å². The van der Waals surface area contributed by atoms with Crippen LogP contribution < -0.4 is 0 Å². The van der Waals surface area contributed by atoms with Gasteiger partial charge >= 0.3 is 0 Å². The summed E-state index contributed by atoms with van der Waals surface area (Å²) >= 11 is 0. The highest BCUT2D eigenvalue weighted by Gasteiger charge is 2.24. The molecule has 0 saturated carbocycles. The average Bonchev–Trinajstić information content (AvgIpc) is 3.19. The molecule has 0 bridgehead atoms. The Balaban J connectivity index is 1.47. The first-order valence-electron chi connectivity index (χ1n) is 15.7. The largest absolute Gasteiger partial charge is 0.256 e. The molecular weight excluding hydrogens is 589 g/mol. The summed E-state index contributed by atoms with van der Waals surface area (Å²) in [5.41, 5.74) is 11.6. The van der Waals surface area contributed by atoms with Gasteiger partial charge in [0.05, 0.1) is 28.5 Å². The summed E-state index contributed by atoms with van der Waals surface area (Å²) in [5, 5.41) is 0. The minimum absolute atomic E-state index is 0.629. The number of aromatic nitrogens is 6. The number of hydrogen-bond donors (Lipinski definition) is 0. The summed E-state index contributed by atoms with van der Waals surface area (Å²) in [6.07, 6.45) is 9.20. The molecule has 48 heavy (non-hydrogen) atoms. The van der Waals surface area contributed by atoms with Crippen molar-refractivity contribution < 1.29 is 0 Å². The van der Waals surface area contributed by atoms with E-state index < -0.39 is 0 Å². The number of hydrogen-bond acceptors (Lipinski definition) is 6. The van der Waals surface area contributed by atoms with Gasteiger partial charge in [0.1, 0.15) is 0 Å². The monoisotopic (exact) mass is 616 g/mol. The van der Waals surface area contributed by atoms with Crippen molar-refractivity contribution in [3.8, 4) is 78.8 Å². The molecule has 0 fully saturated rings. The molecule has 0 spiro atoms. The molecule has 3 aromatic carbocycles. The zero-order chi connectivity index (χ0) is 32.1. The van der Waals surface area contributed by atoms with E-state index in [1.807, 2.05) is 134 Å². The lowest BCUT2D eigenvalue weighted by Gasteiger charge is -2.20. The second-order valence-electron chi connectivity index (χ2n) is 11.1. The molecule has 0 unspecified atom stereocenters. The SMILES string of the molecule is c1ccc(-c2ncc(-c3cccc(-c4ccccn4)c3-c3ccccn3)c(-c3cccc(-c4ccccn4)c3-c3ccccn3)n2)cc1. The Labute approximate surface area is 278 Å². The van der Waals surface area contributed by atoms with Gasteiger partial charge in [-0.15, -0.1) is 0 Å². The predicted octanol–water partition coefficient (Wildman–Crippen LogP) is 9.73. The van der Waals surface area contributed by atoms with E-state index in [1.165, 1.54) is 0 Å². The smallest absolute Gasteiger partial charge is 0.159 e. The first-order valence-corrected chi connectivity index (χ1v) is 15.7. The van der Waals surface area contributed by atoms with Crippen LogP contribution in [0.2, 0.25) is 0 Å². The highest BCUT2D eigenvalue weighted by atomic mass is 14.9.